The van der Waals surface area contributed by atoms with E-state index in [0.717, 1.165) is 11.1 Å². The molecule has 0 radical (unpaired) electrons. The minimum atomic E-state index is -0.620. The summed E-state index contributed by atoms with van der Waals surface area (Å²) in [6.45, 7) is 0.564. The molecule has 1 aliphatic rings. The molecule has 0 saturated heterocycles. The van der Waals surface area contributed by atoms with Gasteiger partial charge in [-0.25, -0.2) is 4.79 Å². The number of hydrogen-bond acceptors (Lipinski definition) is 8. The van der Waals surface area contributed by atoms with E-state index in [1.54, 1.807) is 29.2 Å². The molecule has 0 saturated carbocycles. The lowest BCUT2D eigenvalue weighted by molar-refractivity contribution is 0.0567. The normalized spacial score (nSPS) is 14.2. The predicted molar refractivity (Wildman–Crippen MR) is 161 cm³/mol. The number of aromatic nitrogens is 1. The zero-order valence-electron chi connectivity index (χ0n) is 24.0. The van der Waals surface area contributed by atoms with E-state index >= 15 is 0 Å². The number of esters is 1. The second-order valence-corrected chi connectivity index (χ2v) is 10.3. The maximum atomic E-state index is 14.1. The number of amides is 1. The summed E-state index contributed by atoms with van der Waals surface area (Å²) in [5, 5.41) is 1.35. The van der Waals surface area contributed by atoms with E-state index in [9.17, 15) is 9.59 Å². The first-order valence-electron chi connectivity index (χ1n) is 13.5. The number of ether oxygens (including phenoxy) is 5. The third-order valence-electron chi connectivity index (χ3n) is 7.60. The van der Waals surface area contributed by atoms with Gasteiger partial charge in [-0.2, -0.15) is 0 Å². The molecule has 3 heterocycles. The number of carbonyl (C=O) groups is 2. The molecule has 0 aliphatic carbocycles. The molecule has 43 heavy (non-hydrogen) atoms. The number of fused-ring (bicyclic) bond motifs is 4. The fraction of sp³-hybridized carbons (Fsp3) is 0.250. The molecule has 6 rings (SSSR count). The van der Waals surface area contributed by atoms with Crippen molar-refractivity contribution in [3.8, 4) is 23.0 Å². The van der Waals surface area contributed by atoms with Gasteiger partial charge < -0.3 is 38.0 Å². The Bertz CT molecular complexity index is 1850. The van der Waals surface area contributed by atoms with E-state index in [1.165, 1.54) is 28.4 Å². The van der Waals surface area contributed by atoms with Crippen molar-refractivity contribution in [2.45, 2.75) is 12.5 Å². The predicted octanol–water partition coefficient (Wildman–Crippen LogP) is 6.29. The zero-order chi connectivity index (χ0) is 30.2. The fourth-order valence-corrected chi connectivity index (χ4v) is 5.86. The van der Waals surface area contributed by atoms with Crippen molar-refractivity contribution in [3.05, 3.63) is 77.2 Å². The second-order valence-electron chi connectivity index (χ2n) is 9.99. The summed E-state index contributed by atoms with van der Waals surface area (Å²) >= 11 is 6.46. The average Bonchev–Trinajstić information content (AvgIpc) is 3.77. The quantitative estimate of drug-likeness (QED) is 0.154. The van der Waals surface area contributed by atoms with Crippen molar-refractivity contribution < 1.29 is 37.7 Å². The lowest BCUT2D eigenvalue weighted by Crippen LogP contribution is -2.30. The molecular formula is C32H29ClN2O8. The Morgan fingerprint density at radius 1 is 0.977 bits per heavy atom. The van der Waals surface area contributed by atoms with Crippen LogP contribution in [0.3, 0.4) is 0 Å². The molecule has 1 atom stereocenters. The monoisotopic (exact) mass is 604 g/mol. The Morgan fingerprint density at radius 2 is 1.74 bits per heavy atom. The minimum Gasteiger partial charge on any atom is -0.493 e. The SMILES string of the molecule is COC(=O)c1cc2c3c(cc(OCc4ccccc4)c2o1)N(C(=O)c1cc2cc(OC)c(OC)c(OC)c2[nH]1)CC3CCl. The van der Waals surface area contributed by atoms with Crippen molar-refractivity contribution in [2.75, 3.05) is 45.8 Å². The van der Waals surface area contributed by atoms with Crippen LogP contribution in [0.4, 0.5) is 5.69 Å². The third-order valence-corrected chi connectivity index (χ3v) is 7.97. The zero-order valence-corrected chi connectivity index (χ0v) is 24.7. The van der Waals surface area contributed by atoms with Crippen LogP contribution in [-0.2, 0) is 11.3 Å². The van der Waals surface area contributed by atoms with Crippen LogP contribution in [0.1, 0.15) is 38.1 Å². The summed E-state index contributed by atoms with van der Waals surface area (Å²) in [6.07, 6.45) is 0. The topological polar surface area (TPSA) is 112 Å². The maximum Gasteiger partial charge on any atom is 0.373 e. The maximum absolute atomic E-state index is 14.1. The van der Waals surface area contributed by atoms with Gasteiger partial charge in [0.2, 0.25) is 11.5 Å². The van der Waals surface area contributed by atoms with Crippen LogP contribution in [0.2, 0.25) is 0 Å². The molecule has 1 N–H and O–H groups in total. The van der Waals surface area contributed by atoms with Gasteiger partial charge >= 0.3 is 5.97 Å². The van der Waals surface area contributed by atoms with Gasteiger partial charge in [0.1, 0.15) is 12.3 Å². The Hall–Kier alpha value is -4.83. The number of hydrogen-bond donors (Lipinski definition) is 1. The van der Waals surface area contributed by atoms with Crippen LogP contribution in [0.15, 0.2) is 59.0 Å². The number of anilines is 1. The number of nitrogens with zero attached hydrogens (tertiary/aromatic N) is 1. The number of H-pyrrole nitrogens is 1. The number of nitrogens with one attached hydrogen (secondary N) is 1. The van der Waals surface area contributed by atoms with Gasteiger partial charge in [0.25, 0.3) is 5.91 Å². The number of rotatable bonds is 9. The Morgan fingerprint density at radius 3 is 2.42 bits per heavy atom. The smallest absolute Gasteiger partial charge is 0.373 e. The van der Waals surface area contributed by atoms with Gasteiger partial charge in [-0.3, -0.25) is 4.79 Å². The molecule has 1 aliphatic heterocycles. The van der Waals surface area contributed by atoms with E-state index in [-0.39, 0.29) is 30.1 Å². The van der Waals surface area contributed by atoms with Crippen LogP contribution in [0.5, 0.6) is 23.0 Å². The first kappa shape index (κ1) is 28.3. The van der Waals surface area contributed by atoms with Crippen molar-refractivity contribution >= 4 is 51.0 Å². The van der Waals surface area contributed by atoms with Crippen molar-refractivity contribution in [3.63, 3.8) is 0 Å². The van der Waals surface area contributed by atoms with Crippen LogP contribution < -0.4 is 23.8 Å². The summed E-state index contributed by atoms with van der Waals surface area (Å²) < 4.78 is 33.7. The van der Waals surface area contributed by atoms with Crippen LogP contribution in [-0.4, -0.2) is 57.7 Å². The molecular weight excluding hydrogens is 576 g/mol. The van der Waals surface area contributed by atoms with E-state index in [2.05, 4.69) is 4.98 Å². The van der Waals surface area contributed by atoms with Gasteiger partial charge in [-0.05, 0) is 29.3 Å². The number of furan rings is 1. The van der Waals surface area contributed by atoms with Crippen LogP contribution in [0, 0.1) is 0 Å². The second kappa shape index (κ2) is 11.4. The average molecular weight is 605 g/mol. The van der Waals surface area contributed by atoms with Crippen molar-refractivity contribution in [1.82, 2.24) is 4.98 Å². The van der Waals surface area contributed by atoms with Crippen LogP contribution >= 0.6 is 11.6 Å². The number of carbonyl (C=O) groups excluding carboxylic acids is 2. The van der Waals surface area contributed by atoms with Gasteiger partial charge in [0, 0.05) is 35.2 Å². The largest absolute Gasteiger partial charge is 0.493 e. The Kier molecular flexibility index (Phi) is 7.53. The molecule has 0 spiro atoms. The lowest BCUT2D eigenvalue weighted by Gasteiger charge is -2.18. The van der Waals surface area contributed by atoms with E-state index in [0.29, 0.717) is 62.8 Å². The summed E-state index contributed by atoms with van der Waals surface area (Å²) in [5.41, 5.74) is 3.66. The molecule has 2 aromatic heterocycles. The minimum absolute atomic E-state index is 0.0270. The number of benzene rings is 3. The van der Waals surface area contributed by atoms with Crippen molar-refractivity contribution in [1.29, 1.82) is 0 Å². The molecule has 222 valence electrons. The number of aromatic amines is 1. The van der Waals surface area contributed by atoms with Gasteiger partial charge in [-0.1, -0.05) is 30.3 Å². The number of halogens is 1. The molecule has 10 nitrogen and oxygen atoms in total. The molecule has 1 amide bonds. The standard InChI is InChI=1S/C32H29ClN2O8/c1-38-23-11-18-10-21(34-27(18)30(40-3)29(23)39-2)31(36)35-15-19(14-33)26-20-12-25(32(37)41-4)43-28(20)24(13-22(26)35)42-16-17-8-6-5-7-9-17/h5-13,19,34H,14-16H2,1-4H3. The van der Waals surface area contributed by atoms with E-state index in [1.807, 2.05) is 30.3 Å². The molecule has 1 unspecified atom stereocenters. The van der Waals surface area contributed by atoms with Gasteiger partial charge in [0.15, 0.2) is 22.8 Å². The molecule has 11 heteroatoms. The summed E-state index contributed by atoms with van der Waals surface area (Å²) in [5.74, 6) is 0.826. The first-order chi connectivity index (χ1) is 20.9. The summed E-state index contributed by atoms with van der Waals surface area (Å²) in [4.78, 5) is 31.4. The molecule has 3 aromatic carbocycles. The highest BCUT2D eigenvalue weighted by Crippen LogP contribution is 2.48. The summed E-state index contributed by atoms with van der Waals surface area (Å²) in [7, 11) is 5.87. The first-order valence-corrected chi connectivity index (χ1v) is 14.0. The van der Waals surface area contributed by atoms with E-state index in [4.69, 9.17) is 39.7 Å². The highest BCUT2D eigenvalue weighted by Gasteiger charge is 2.37. The highest BCUT2D eigenvalue weighted by molar-refractivity contribution is 6.19. The van der Waals surface area contributed by atoms with Crippen molar-refractivity contribution in [2.24, 2.45) is 0 Å². The number of methoxy groups -OCH3 is 4. The molecule has 0 bridgehead atoms. The highest BCUT2D eigenvalue weighted by atomic mass is 35.5. The van der Waals surface area contributed by atoms with E-state index < -0.39 is 5.97 Å². The molecule has 5 aromatic rings. The lowest BCUT2D eigenvalue weighted by atomic mass is 9.98. The molecule has 0 fully saturated rings. The van der Waals surface area contributed by atoms with Gasteiger partial charge in [-0.15, -0.1) is 11.6 Å². The Labute approximate surface area is 252 Å². The fourth-order valence-electron chi connectivity index (χ4n) is 5.61. The summed E-state index contributed by atoms with van der Waals surface area (Å²) in [6, 6.07) is 16.6. The number of alkyl halides is 1. The Balaban J connectivity index is 1.47. The van der Waals surface area contributed by atoms with Gasteiger partial charge in [0.05, 0.1) is 39.6 Å². The van der Waals surface area contributed by atoms with Crippen LogP contribution in [0.25, 0.3) is 21.9 Å². The third kappa shape index (κ3) is 4.77.